The van der Waals surface area contributed by atoms with E-state index in [1.807, 2.05) is 0 Å². The van der Waals surface area contributed by atoms with E-state index in [4.69, 9.17) is 0 Å². The normalized spacial score (nSPS) is 23.9. The Balaban J connectivity index is 1.76. The summed E-state index contributed by atoms with van der Waals surface area (Å²) in [5.74, 6) is 0.367. The van der Waals surface area contributed by atoms with Gasteiger partial charge in [0.2, 0.25) is 5.91 Å². The van der Waals surface area contributed by atoms with Gasteiger partial charge in [-0.3, -0.25) is 4.79 Å². The van der Waals surface area contributed by atoms with Crippen LogP contribution in [-0.2, 0) is 4.79 Å². The van der Waals surface area contributed by atoms with Gasteiger partial charge in [-0.15, -0.1) is 0 Å². The van der Waals surface area contributed by atoms with Crippen LogP contribution >= 0.6 is 0 Å². The van der Waals surface area contributed by atoms with Gasteiger partial charge in [0.05, 0.1) is 0 Å². The number of carbonyl (C=O) groups is 1. The Morgan fingerprint density at radius 2 is 1.61 bits per heavy atom. The Morgan fingerprint density at radius 3 is 2.17 bits per heavy atom. The van der Waals surface area contributed by atoms with Gasteiger partial charge in [0.1, 0.15) is 0 Å². The predicted molar refractivity (Wildman–Crippen MR) is 74.6 cm³/mol. The van der Waals surface area contributed by atoms with E-state index < -0.39 is 0 Å². The van der Waals surface area contributed by atoms with E-state index in [-0.39, 0.29) is 0 Å². The quantitative estimate of drug-likeness (QED) is 0.771. The Bertz CT molecular complexity index is 251. The van der Waals surface area contributed by atoms with Gasteiger partial charge in [-0.25, -0.2) is 0 Å². The number of hydrogen-bond acceptors (Lipinski definition) is 2. The van der Waals surface area contributed by atoms with E-state index in [0.29, 0.717) is 5.91 Å². The molecule has 1 amide bonds. The van der Waals surface area contributed by atoms with Gasteiger partial charge >= 0.3 is 0 Å². The average molecular weight is 252 g/mol. The summed E-state index contributed by atoms with van der Waals surface area (Å²) >= 11 is 0. The summed E-state index contributed by atoms with van der Waals surface area (Å²) in [6.45, 7) is 6.63. The highest BCUT2D eigenvalue weighted by Gasteiger charge is 2.26. The van der Waals surface area contributed by atoms with Crippen molar-refractivity contribution in [1.82, 2.24) is 9.80 Å². The van der Waals surface area contributed by atoms with Crippen molar-refractivity contribution in [2.24, 2.45) is 0 Å². The Hall–Kier alpha value is -0.570. The second kappa shape index (κ2) is 7.13. The summed E-state index contributed by atoms with van der Waals surface area (Å²) in [6, 6.07) is 0.744. The molecule has 2 aliphatic heterocycles. The van der Waals surface area contributed by atoms with E-state index in [0.717, 1.165) is 32.0 Å². The number of rotatable bonds is 3. The van der Waals surface area contributed by atoms with Crippen LogP contribution in [0.25, 0.3) is 0 Å². The molecule has 2 heterocycles. The second-order valence-corrected chi connectivity index (χ2v) is 5.81. The van der Waals surface area contributed by atoms with Crippen molar-refractivity contribution >= 4 is 5.91 Å². The van der Waals surface area contributed by atoms with Crippen molar-refractivity contribution in [3.05, 3.63) is 0 Å². The second-order valence-electron chi connectivity index (χ2n) is 5.81. The van der Waals surface area contributed by atoms with Crippen molar-refractivity contribution < 1.29 is 4.79 Å². The molecule has 3 nitrogen and oxygen atoms in total. The minimum Gasteiger partial charge on any atom is -0.343 e. The molecule has 0 N–H and O–H groups in total. The molecule has 0 bridgehead atoms. The standard InChI is InChI=1S/C15H28N2O/c1-2-7-15(18)17-12-8-14(9-13-17)16-10-5-3-4-6-11-16/h14H,2-13H2,1H3. The molecule has 0 aromatic rings. The highest BCUT2D eigenvalue weighted by Crippen LogP contribution is 2.21. The van der Waals surface area contributed by atoms with Gasteiger partial charge in [0.25, 0.3) is 0 Å². The number of carbonyl (C=O) groups excluding carboxylic acids is 1. The molecule has 0 saturated carbocycles. The molecule has 3 heteroatoms. The van der Waals surface area contributed by atoms with Crippen molar-refractivity contribution in [2.45, 2.75) is 64.3 Å². The molecule has 0 aromatic carbocycles. The average Bonchev–Trinajstić information content (AvgIpc) is 2.68. The van der Waals surface area contributed by atoms with E-state index in [9.17, 15) is 4.79 Å². The van der Waals surface area contributed by atoms with Crippen molar-refractivity contribution in [3.63, 3.8) is 0 Å². The third-order valence-electron chi connectivity index (χ3n) is 4.44. The molecular weight excluding hydrogens is 224 g/mol. The van der Waals surface area contributed by atoms with Crippen LogP contribution in [0.15, 0.2) is 0 Å². The summed E-state index contributed by atoms with van der Waals surface area (Å²) in [5, 5.41) is 0. The van der Waals surface area contributed by atoms with E-state index >= 15 is 0 Å². The maximum absolute atomic E-state index is 11.8. The highest BCUT2D eigenvalue weighted by atomic mass is 16.2. The largest absolute Gasteiger partial charge is 0.343 e. The lowest BCUT2D eigenvalue weighted by Crippen LogP contribution is -2.47. The molecule has 0 aromatic heterocycles. The molecule has 18 heavy (non-hydrogen) atoms. The molecule has 2 saturated heterocycles. The van der Waals surface area contributed by atoms with Crippen LogP contribution in [0.3, 0.4) is 0 Å². The predicted octanol–water partition coefficient (Wildman–Crippen LogP) is 2.65. The first-order valence-corrected chi connectivity index (χ1v) is 7.83. The first-order valence-electron chi connectivity index (χ1n) is 7.83. The summed E-state index contributed by atoms with van der Waals surface area (Å²) in [6.07, 6.45) is 9.64. The van der Waals surface area contributed by atoms with Crippen LogP contribution in [0, 0.1) is 0 Å². The molecule has 104 valence electrons. The summed E-state index contributed by atoms with van der Waals surface area (Å²) < 4.78 is 0. The van der Waals surface area contributed by atoms with E-state index in [1.54, 1.807) is 0 Å². The minimum absolute atomic E-state index is 0.367. The maximum atomic E-state index is 11.8. The molecule has 0 aliphatic carbocycles. The Morgan fingerprint density at radius 1 is 1.00 bits per heavy atom. The number of hydrogen-bond donors (Lipinski definition) is 0. The highest BCUT2D eigenvalue weighted by molar-refractivity contribution is 5.76. The number of amides is 1. The fraction of sp³-hybridized carbons (Fsp3) is 0.933. The van der Waals surface area contributed by atoms with Crippen LogP contribution in [0.5, 0.6) is 0 Å². The van der Waals surface area contributed by atoms with Gasteiger partial charge in [0.15, 0.2) is 0 Å². The topological polar surface area (TPSA) is 23.6 Å². The van der Waals surface area contributed by atoms with Crippen molar-refractivity contribution in [3.8, 4) is 0 Å². The summed E-state index contributed by atoms with van der Waals surface area (Å²) in [7, 11) is 0. The van der Waals surface area contributed by atoms with Crippen LogP contribution < -0.4 is 0 Å². The first kappa shape index (κ1) is 13.9. The molecule has 2 aliphatic rings. The Labute approximate surface area is 112 Å². The fourth-order valence-corrected chi connectivity index (χ4v) is 3.31. The summed E-state index contributed by atoms with van der Waals surface area (Å²) in [4.78, 5) is 16.6. The zero-order valence-electron chi connectivity index (χ0n) is 11.9. The zero-order chi connectivity index (χ0) is 12.8. The van der Waals surface area contributed by atoms with Gasteiger partial charge in [0, 0.05) is 25.6 Å². The molecular formula is C15H28N2O. The Kier molecular flexibility index (Phi) is 5.48. The third-order valence-corrected chi connectivity index (χ3v) is 4.44. The van der Waals surface area contributed by atoms with E-state index in [2.05, 4.69) is 16.7 Å². The maximum Gasteiger partial charge on any atom is 0.222 e. The van der Waals surface area contributed by atoms with Gasteiger partial charge in [-0.1, -0.05) is 19.8 Å². The molecule has 0 unspecified atom stereocenters. The fourth-order valence-electron chi connectivity index (χ4n) is 3.31. The molecule has 2 rings (SSSR count). The van der Waals surface area contributed by atoms with Crippen molar-refractivity contribution in [1.29, 1.82) is 0 Å². The number of likely N-dealkylation sites (tertiary alicyclic amines) is 2. The first-order chi connectivity index (χ1) is 8.81. The van der Waals surface area contributed by atoms with Crippen LogP contribution in [0.1, 0.15) is 58.3 Å². The third kappa shape index (κ3) is 3.71. The zero-order valence-corrected chi connectivity index (χ0v) is 11.9. The molecule has 0 atom stereocenters. The molecule has 0 radical (unpaired) electrons. The number of piperidine rings is 1. The van der Waals surface area contributed by atoms with Crippen LogP contribution in [-0.4, -0.2) is 47.9 Å². The monoisotopic (exact) mass is 252 g/mol. The summed E-state index contributed by atoms with van der Waals surface area (Å²) in [5.41, 5.74) is 0. The van der Waals surface area contributed by atoms with Gasteiger partial charge < -0.3 is 9.80 Å². The van der Waals surface area contributed by atoms with Crippen LogP contribution in [0.2, 0.25) is 0 Å². The lowest BCUT2D eigenvalue weighted by atomic mass is 10.0. The molecule has 2 fully saturated rings. The minimum atomic E-state index is 0.367. The van der Waals surface area contributed by atoms with Crippen molar-refractivity contribution in [2.75, 3.05) is 26.2 Å². The SMILES string of the molecule is CCCC(=O)N1CCC(N2CCCCCC2)CC1. The van der Waals surface area contributed by atoms with Crippen LogP contribution in [0.4, 0.5) is 0 Å². The lowest BCUT2D eigenvalue weighted by Gasteiger charge is -2.38. The smallest absolute Gasteiger partial charge is 0.222 e. The number of nitrogens with zero attached hydrogens (tertiary/aromatic N) is 2. The molecule has 0 spiro atoms. The van der Waals surface area contributed by atoms with Gasteiger partial charge in [-0.05, 0) is 45.2 Å². The van der Waals surface area contributed by atoms with E-state index in [1.165, 1.54) is 51.6 Å². The van der Waals surface area contributed by atoms with Gasteiger partial charge in [-0.2, -0.15) is 0 Å². The lowest BCUT2D eigenvalue weighted by molar-refractivity contribution is -0.132.